The van der Waals surface area contributed by atoms with Crippen LogP contribution in [0.2, 0.25) is 0 Å². The van der Waals surface area contributed by atoms with Crippen LogP contribution in [0, 0.1) is 17.8 Å². The Morgan fingerprint density at radius 1 is 0.882 bits per heavy atom. The lowest BCUT2D eigenvalue weighted by atomic mass is 9.68. The molecule has 0 heteroatoms. The maximum absolute atomic E-state index is 4.18. The van der Waals surface area contributed by atoms with Gasteiger partial charge in [0.15, 0.2) is 0 Å². The Labute approximate surface area is 108 Å². The molecule has 0 heterocycles. The van der Waals surface area contributed by atoms with Crippen LogP contribution >= 0.6 is 0 Å². The summed E-state index contributed by atoms with van der Waals surface area (Å²) >= 11 is 0. The van der Waals surface area contributed by atoms with Gasteiger partial charge in [-0.3, -0.25) is 0 Å². The van der Waals surface area contributed by atoms with Crippen LogP contribution in [0.25, 0.3) is 0 Å². The Hall–Kier alpha value is -0.260. The third-order valence-electron chi connectivity index (χ3n) is 5.09. The van der Waals surface area contributed by atoms with E-state index in [4.69, 9.17) is 0 Å². The summed E-state index contributed by atoms with van der Waals surface area (Å²) in [6.07, 6.45) is 16.3. The van der Waals surface area contributed by atoms with Gasteiger partial charge >= 0.3 is 0 Å². The van der Waals surface area contributed by atoms with Crippen molar-refractivity contribution < 1.29 is 0 Å². The zero-order valence-electron chi connectivity index (χ0n) is 11.7. The van der Waals surface area contributed by atoms with Gasteiger partial charge in [-0.05, 0) is 31.1 Å². The van der Waals surface area contributed by atoms with Gasteiger partial charge in [-0.15, -0.1) is 6.58 Å². The van der Waals surface area contributed by atoms with Crippen molar-refractivity contribution in [3.8, 4) is 0 Å². The van der Waals surface area contributed by atoms with Crippen LogP contribution < -0.4 is 0 Å². The van der Waals surface area contributed by atoms with Crippen molar-refractivity contribution in [3.63, 3.8) is 0 Å². The van der Waals surface area contributed by atoms with Crippen LogP contribution in [-0.2, 0) is 0 Å². The van der Waals surface area contributed by atoms with Crippen LogP contribution in [0.3, 0.4) is 0 Å². The fourth-order valence-electron chi connectivity index (χ4n) is 4.25. The molecule has 0 N–H and O–H groups in total. The normalized spacial score (nSPS) is 24.1. The van der Waals surface area contributed by atoms with Crippen LogP contribution in [-0.4, -0.2) is 0 Å². The number of allylic oxidation sites excluding steroid dienone is 1. The van der Waals surface area contributed by atoms with Gasteiger partial charge in [-0.1, -0.05) is 69.8 Å². The van der Waals surface area contributed by atoms with E-state index in [1.165, 1.54) is 76.2 Å². The van der Waals surface area contributed by atoms with Gasteiger partial charge < -0.3 is 0 Å². The van der Waals surface area contributed by atoms with E-state index in [1.807, 2.05) is 0 Å². The van der Waals surface area contributed by atoms with E-state index in [1.54, 1.807) is 0 Å². The summed E-state index contributed by atoms with van der Waals surface area (Å²) in [7, 11) is 0. The topological polar surface area (TPSA) is 0 Å². The Kier molecular flexibility index (Phi) is 5.13. The van der Waals surface area contributed by atoms with Gasteiger partial charge in [0.05, 0.1) is 0 Å². The third kappa shape index (κ3) is 3.86. The van der Waals surface area contributed by atoms with Crippen molar-refractivity contribution in [2.75, 3.05) is 0 Å². The summed E-state index contributed by atoms with van der Waals surface area (Å²) in [5.41, 5.74) is 1.42. The number of rotatable bonds is 4. The maximum atomic E-state index is 4.18. The van der Waals surface area contributed by atoms with E-state index in [0.717, 1.165) is 17.8 Å². The molecule has 2 saturated carbocycles. The second-order valence-electron chi connectivity index (χ2n) is 6.62. The summed E-state index contributed by atoms with van der Waals surface area (Å²) in [5, 5.41) is 0. The SMILES string of the molecule is C=C(C)CC(C1CCCCC1)C1CCCCC1. The van der Waals surface area contributed by atoms with Crippen molar-refractivity contribution in [3.05, 3.63) is 12.2 Å². The first-order valence-electron chi connectivity index (χ1n) is 7.92. The molecule has 0 saturated heterocycles. The highest BCUT2D eigenvalue weighted by Gasteiger charge is 2.30. The predicted molar refractivity (Wildman–Crippen MR) is 76.1 cm³/mol. The van der Waals surface area contributed by atoms with E-state index in [2.05, 4.69) is 13.5 Å². The summed E-state index contributed by atoms with van der Waals surface area (Å²) in [4.78, 5) is 0. The molecule has 0 aliphatic heterocycles. The minimum Gasteiger partial charge on any atom is -0.100 e. The molecular weight excluding hydrogens is 204 g/mol. The molecule has 98 valence electrons. The highest BCUT2D eigenvalue weighted by molar-refractivity contribution is 4.95. The average molecular weight is 234 g/mol. The molecular formula is C17H30. The summed E-state index contributed by atoms with van der Waals surface area (Å²) < 4.78 is 0. The molecule has 0 unspecified atom stereocenters. The second kappa shape index (κ2) is 6.61. The molecule has 2 fully saturated rings. The lowest BCUT2D eigenvalue weighted by Gasteiger charge is -2.38. The van der Waals surface area contributed by atoms with Crippen molar-refractivity contribution in [1.82, 2.24) is 0 Å². The lowest BCUT2D eigenvalue weighted by Crippen LogP contribution is -2.27. The third-order valence-corrected chi connectivity index (χ3v) is 5.09. The molecule has 0 aromatic rings. The van der Waals surface area contributed by atoms with Gasteiger partial charge in [0.1, 0.15) is 0 Å². The Bertz CT molecular complexity index is 210. The van der Waals surface area contributed by atoms with E-state index in [-0.39, 0.29) is 0 Å². The fraction of sp³-hybridized carbons (Fsp3) is 0.882. The summed E-state index contributed by atoms with van der Waals surface area (Å²) in [6.45, 7) is 6.42. The lowest BCUT2D eigenvalue weighted by molar-refractivity contribution is 0.143. The monoisotopic (exact) mass is 234 g/mol. The molecule has 0 amide bonds. The number of hydrogen-bond donors (Lipinski definition) is 0. The van der Waals surface area contributed by atoms with Crippen molar-refractivity contribution in [1.29, 1.82) is 0 Å². The van der Waals surface area contributed by atoms with E-state index >= 15 is 0 Å². The second-order valence-corrected chi connectivity index (χ2v) is 6.62. The van der Waals surface area contributed by atoms with E-state index in [0.29, 0.717) is 0 Å². The first kappa shape index (κ1) is 13.2. The van der Waals surface area contributed by atoms with E-state index < -0.39 is 0 Å². The smallest absolute Gasteiger partial charge is 0.0292 e. The molecule has 0 bridgehead atoms. The largest absolute Gasteiger partial charge is 0.100 e. The molecule has 0 nitrogen and oxygen atoms in total. The van der Waals surface area contributed by atoms with Gasteiger partial charge in [0, 0.05) is 0 Å². The summed E-state index contributed by atoms with van der Waals surface area (Å²) in [5.74, 6) is 3.04. The van der Waals surface area contributed by atoms with Crippen LogP contribution in [0.4, 0.5) is 0 Å². The van der Waals surface area contributed by atoms with Crippen molar-refractivity contribution in [2.45, 2.75) is 77.6 Å². The standard InChI is InChI=1S/C17H30/c1-14(2)13-17(15-9-5-3-6-10-15)16-11-7-4-8-12-16/h15-17H,1,3-13H2,2H3. The molecule has 0 aromatic heterocycles. The summed E-state index contributed by atoms with van der Waals surface area (Å²) in [6, 6.07) is 0. The quantitative estimate of drug-likeness (QED) is 0.545. The molecule has 0 radical (unpaired) electrons. The molecule has 2 aliphatic carbocycles. The highest BCUT2D eigenvalue weighted by atomic mass is 14.4. The van der Waals surface area contributed by atoms with Crippen molar-refractivity contribution >= 4 is 0 Å². The van der Waals surface area contributed by atoms with Crippen LogP contribution in [0.15, 0.2) is 12.2 Å². The minimum atomic E-state index is 0.980. The maximum Gasteiger partial charge on any atom is -0.0292 e. The Morgan fingerprint density at radius 2 is 1.29 bits per heavy atom. The fourth-order valence-corrected chi connectivity index (χ4v) is 4.25. The Morgan fingerprint density at radius 3 is 1.65 bits per heavy atom. The van der Waals surface area contributed by atoms with Gasteiger partial charge in [0.25, 0.3) is 0 Å². The van der Waals surface area contributed by atoms with Gasteiger partial charge in [-0.25, -0.2) is 0 Å². The highest BCUT2D eigenvalue weighted by Crippen LogP contribution is 2.42. The molecule has 2 aliphatic rings. The first-order chi connectivity index (χ1) is 8.27. The minimum absolute atomic E-state index is 0.980. The molecule has 0 spiro atoms. The zero-order valence-corrected chi connectivity index (χ0v) is 11.7. The average Bonchev–Trinajstić information content (AvgIpc) is 2.38. The van der Waals surface area contributed by atoms with Crippen molar-refractivity contribution in [2.24, 2.45) is 17.8 Å². The molecule has 2 rings (SSSR count). The first-order valence-corrected chi connectivity index (χ1v) is 7.92. The van der Waals surface area contributed by atoms with Gasteiger partial charge in [0.2, 0.25) is 0 Å². The number of hydrogen-bond acceptors (Lipinski definition) is 0. The molecule has 0 atom stereocenters. The van der Waals surface area contributed by atoms with Crippen LogP contribution in [0.5, 0.6) is 0 Å². The van der Waals surface area contributed by atoms with Gasteiger partial charge in [-0.2, -0.15) is 0 Å². The molecule has 0 aromatic carbocycles. The molecule has 17 heavy (non-hydrogen) atoms. The Balaban J connectivity index is 1.97. The van der Waals surface area contributed by atoms with Crippen LogP contribution in [0.1, 0.15) is 77.6 Å². The predicted octanol–water partition coefficient (Wildman–Crippen LogP) is 5.73. The van der Waals surface area contributed by atoms with E-state index in [9.17, 15) is 0 Å². The zero-order chi connectivity index (χ0) is 12.1.